The lowest BCUT2D eigenvalue weighted by molar-refractivity contribution is 0.565. The van der Waals surface area contributed by atoms with E-state index >= 15 is 0 Å². The maximum absolute atomic E-state index is 13.0. The Hall–Kier alpha value is -1.72. The van der Waals surface area contributed by atoms with E-state index in [1.165, 1.54) is 12.1 Å². The van der Waals surface area contributed by atoms with E-state index in [-0.39, 0.29) is 17.0 Å². The summed E-state index contributed by atoms with van der Waals surface area (Å²) in [6.45, 7) is 0.385. The zero-order chi connectivity index (χ0) is 16.3. The third kappa shape index (κ3) is 4.18. The summed E-state index contributed by atoms with van der Waals surface area (Å²) in [7, 11) is -3.31. The van der Waals surface area contributed by atoms with Crippen LogP contribution in [-0.4, -0.2) is 20.7 Å². The van der Waals surface area contributed by atoms with E-state index in [0.717, 1.165) is 24.0 Å². The van der Waals surface area contributed by atoms with Gasteiger partial charge in [0.1, 0.15) is 5.82 Å². The van der Waals surface area contributed by atoms with E-state index in [0.29, 0.717) is 13.0 Å². The quantitative estimate of drug-likeness (QED) is 0.846. The van der Waals surface area contributed by atoms with Gasteiger partial charge in [-0.25, -0.2) is 17.5 Å². The lowest BCUT2D eigenvalue weighted by Crippen LogP contribution is -2.34. The van der Waals surface area contributed by atoms with Crippen LogP contribution in [0.1, 0.15) is 24.0 Å². The Morgan fingerprint density at radius 1 is 1.00 bits per heavy atom. The van der Waals surface area contributed by atoms with Crippen molar-refractivity contribution in [1.82, 2.24) is 4.72 Å². The first-order valence-electron chi connectivity index (χ1n) is 7.76. The van der Waals surface area contributed by atoms with Gasteiger partial charge in [0.05, 0.1) is 5.75 Å². The molecule has 122 valence electrons. The van der Waals surface area contributed by atoms with Crippen molar-refractivity contribution in [3.63, 3.8) is 0 Å². The minimum atomic E-state index is -3.31. The Morgan fingerprint density at radius 3 is 2.26 bits per heavy atom. The minimum Gasteiger partial charge on any atom is -0.214 e. The standard InChI is InChI=1S/C18H20FNO2S/c19-17-8-6-16(7-9-17)18(11-12-18)14-20-23(21,22)13-10-15-4-2-1-3-5-15/h1-9,20H,10-14H2. The highest BCUT2D eigenvalue weighted by Gasteiger charge is 2.44. The smallest absolute Gasteiger partial charge is 0.211 e. The molecule has 0 radical (unpaired) electrons. The fourth-order valence-corrected chi connectivity index (χ4v) is 3.88. The van der Waals surface area contributed by atoms with Gasteiger partial charge >= 0.3 is 0 Å². The van der Waals surface area contributed by atoms with E-state index in [1.807, 2.05) is 30.3 Å². The highest BCUT2D eigenvalue weighted by molar-refractivity contribution is 7.89. The molecule has 0 aliphatic heterocycles. The molecule has 2 aromatic carbocycles. The van der Waals surface area contributed by atoms with Crippen molar-refractivity contribution in [3.8, 4) is 0 Å². The van der Waals surface area contributed by atoms with Crippen molar-refractivity contribution in [2.75, 3.05) is 12.3 Å². The van der Waals surface area contributed by atoms with E-state index in [1.54, 1.807) is 12.1 Å². The molecule has 1 fully saturated rings. The highest BCUT2D eigenvalue weighted by Crippen LogP contribution is 2.47. The van der Waals surface area contributed by atoms with E-state index in [2.05, 4.69) is 4.72 Å². The predicted molar refractivity (Wildman–Crippen MR) is 89.2 cm³/mol. The lowest BCUT2D eigenvalue weighted by atomic mass is 9.96. The van der Waals surface area contributed by atoms with Gasteiger partial charge in [0.15, 0.2) is 0 Å². The van der Waals surface area contributed by atoms with Crippen molar-refractivity contribution in [1.29, 1.82) is 0 Å². The molecule has 2 aromatic rings. The molecule has 3 nitrogen and oxygen atoms in total. The molecule has 5 heteroatoms. The van der Waals surface area contributed by atoms with Crippen LogP contribution in [0.2, 0.25) is 0 Å². The number of sulfonamides is 1. The molecule has 0 bridgehead atoms. The third-order valence-corrected chi connectivity index (χ3v) is 5.77. The molecule has 3 rings (SSSR count). The number of aryl methyl sites for hydroxylation is 1. The number of nitrogens with one attached hydrogen (secondary N) is 1. The fourth-order valence-electron chi connectivity index (χ4n) is 2.74. The lowest BCUT2D eigenvalue weighted by Gasteiger charge is -2.17. The highest BCUT2D eigenvalue weighted by atomic mass is 32.2. The summed E-state index contributed by atoms with van der Waals surface area (Å²) in [5.74, 6) is -0.191. The second-order valence-corrected chi connectivity index (χ2v) is 8.09. The largest absolute Gasteiger partial charge is 0.214 e. The molecule has 1 aliphatic carbocycles. The van der Waals surface area contributed by atoms with E-state index in [4.69, 9.17) is 0 Å². The topological polar surface area (TPSA) is 46.2 Å². The summed E-state index contributed by atoms with van der Waals surface area (Å²) in [5, 5.41) is 0. The first-order valence-corrected chi connectivity index (χ1v) is 9.42. The Balaban J connectivity index is 1.57. The van der Waals surface area contributed by atoms with Crippen LogP contribution >= 0.6 is 0 Å². The molecule has 0 aromatic heterocycles. The predicted octanol–water partition coefficient (Wildman–Crippen LogP) is 3.02. The Labute approximate surface area is 136 Å². The van der Waals surface area contributed by atoms with Crippen molar-refractivity contribution < 1.29 is 12.8 Å². The molecular weight excluding hydrogens is 313 g/mol. The average Bonchev–Trinajstić information content (AvgIpc) is 3.34. The van der Waals surface area contributed by atoms with Crippen molar-refractivity contribution in [2.24, 2.45) is 0 Å². The number of benzene rings is 2. The van der Waals surface area contributed by atoms with Crippen LogP contribution < -0.4 is 4.72 Å². The molecule has 0 heterocycles. The van der Waals surface area contributed by atoms with Gasteiger partial charge in [-0.05, 0) is 42.5 Å². The number of halogens is 1. The molecule has 1 N–H and O–H groups in total. The number of hydrogen-bond acceptors (Lipinski definition) is 2. The van der Waals surface area contributed by atoms with Gasteiger partial charge in [0.25, 0.3) is 0 Å². The van der Waals surface area contributed by atoms with Gasteiger partial charge in [-0.2, -0.15) is 0 Å². The summed E-state index contributed by atoms with van der Waals surface area (Å²) in [6, 6.07) is 15.9. The number of hydrogen-bond donors (Lipinski definition) is 1. The molecule has 0 amide bonds. The van der Waals surface area contributed by atoms with E-state index < -0.39 is 10.0 Å². The SMILES string of the molecule is O=S(=O)(CCc1ccccc1)NCC1(c2ccc(F)cc2)CC1. The Bertz CT molecular complexity index is 753. The minimum absolute atomic E-state index is 0.0799. The molecule has 0 spiro atoms. The molecule has 23 heavy (non-hydrogen) atoms. The number of rotatable bonds is 7. The molecule has 1 saturated carbocycles. The summed E-state index contributed by atoms with van der Waals surface area (Å²) in [4.78, 5) is 0. The zero-order valence-electron chi connectivity index (χ0n) is 12.8. The van der Waals surface area contributed by atoms with Crippen LogP contribution in [-0.2, 0) is 21.9 Å². The van der Waals surface area contributed by atoms with Crippen LogP contribution in [0.25, 0.3) is 0 Å². The van der Waals surface area contributed by atoms with Gasteiger partial charge in [-0.3, -0.25) is 0 Å². The summed E-state index contributed by atoms with van der Waals surface area (Å²) >= 11 is 0. The van der Waals surface area contributed by atoms with Gasteiger partial charge in [0.2, 0.25) is 10.0 Å². The summed E-state index contributed by atoms with van der Waals surface area (Å²) < 4.78 is 40.1. The summed E-state index contributed by atoms with van der Waals surface area (Å²) in [5.41, 5.74) is 1.86. The molecule has 0 saturated heterocycles. The second kappa shape index (κ2) is 6.42. The van der Waals surface area contributed by atoms with Gasteiger partial charge in [0, 0.05) is 12.0 Å². The normalized spacial score (nSPS) is 16.2. The zero-order valence-corrected chi connectivity index (χ0v) is 13.7. The Morgan fingerprint density at radius 2 is 1.65 bits per heavy atom. The maximum Gasteiger partial charge on any atom is 0.211 e. The Kier molecular flexibility index (Phi) is 4.50. The van der Waals surface area contributed by atoms with Crippen molar-refractivity contribution >= 4 is 10.0 Å². The molecule has 1 aliphatic rings. The fraction of sp³-hybridized carbons (Fsp3) is 0.333. The van der Waals surface area contributed by atoms with Gasteiger partial charge in [-0.15, -0.1) is 0 Å². The van der Waals surface area contributed by atoms with E-state index in [9.17, 15) is 12.8 Å². The third-order valence-electron chi connectivity index (χ3n) is 4.44. The molecular formula is C18H20FNO2S. The van der Waals surface area contributed by atoms with Crippen molar-refractivity contribution in [2.45, 2.75) is 24.7 Å². The van der Waals surface area contributed by atoms with Gasteiger partial charge in [-0.1, -0.05) is 42.5 Å². The van der Waals surface area contributed by atoms with Crippen LogP contribution in [0.3, 0.4) is 0 Å². The monoisotopic (exact) mass is 333 g/mol. The molecule has 0 atom stereocenters. The second-order valence-electron chi connectivity index (χ2n) is 6.16. The van der Waals surface area contributed by atoms with Crippen LogP contribution in [0, 0.1) is 5.82 Å². The first-order chi connectivity index (χ1) is 11.0. The molecule has 0 unspecified atom stereocenters. The van der Waals surface area contributed by atoms with Crippen LogP contribution in [0.4, 0.5) is 4.39 Å². The van der Waals surface area contributed by atoms with Crippen molar-refractivity contribution in [3.05, 3.63) is 71.5 Å². The van der Waals surface area contributed by atoms with Crippen LogP contribution in [0.15, 0.2) is 54.6 Å². The first kappa shape index (κ1) is 16.1. The maximum atomic E-state index is 13.0. The van der Waals surface area contributed by atoms with Gasteiger partial charge < -0.3 is 0 Å². The van der Waals surface area contributed by atoms with Crippen LogP contribution in [0.5, 0.6) is 0 Å². The average molecular weight is 333 g/mol. The summed E-state index contributed by atoms with van der Waals surface area (Å²) in [6.07, 6.45) is 2.36.